The molecule has 13 heteroatoms. The molecule has 0 unspecified atom stereocenters. The molecule has 6 N–H and O–H groups in total. The number of carbonyl (C=O) groups excluding carboxylic acids is 1. The van der Waals surface area contributed by atoms with Gasteiger partial charge in [0.25, 0.3) is 0 Å². The first-order valence-electron chi connectivity index (χ1n) is 20.4. The van der Waals surface area contributed by atoms with E-state index in [1.54, 1.807) is 13.8 Å². The zero-order chi connectivity index (χ0) is 43.2. The van der Waals surface area contributed by atoms with E-state index in [2.05, 4.69) is 29.1 Å². The maximum atomic E-state index is 12.6. The molecule has 60 heavy (non-hydrogen) atoms. The molecular weight excluding hydrogens is 761 g/mol. The van der Waals surface area contributed by atoms with Crippen molar-refractivity contribution in [1.29, 1.82) is 0 Å². The van der Waals surface area contributed by atoms with Crippen LogP contribution in [0.5, 0.6) is 0 Å². The SMILES string of the molecule is CCC1=C(C)C2=NC1=CC1=C(C)C3=C(O)CC(=C4NC(=CC5=NC(=C2)C(C(c2[nH]c(C(=O)O)c(C)c2C)c2[nH]c(C(=O)O)c(C)c2C)=C5C)[C@@H](C)[C@@H]4CCC(=O)OC)C3=N1. The number of fused-ring (bicyclic) bond motifs is 5. The second-order valence-electron chi connectivity index (χ2n) is 16.5. The van der Waals surface area contributed by atoms with Gasteiger partial charge in [-0.15, -0.1) is 0 Å². The summed E-state index contributed by atoms with van der Waals surface area (Å²) in [5.74, 6) is -3.17. The molecule has 1 fully saturated rings. The molecule has 7 heterocycles. The van der Waals surface area contributed by atoms with E-state index in [4.69, 9.17) is 19.7 Å². The summed E-state index contributed by atoms with van der Waals surface area (Å²) in [6, 6.07) is 0. The number of carbonyl (C=O) groups is 3. The number of rotatable bonds is 9. The van der Waals surface area contributed by atoms with Gasteiger partial charge in [0, 0.05) is 58.6 Å². The van der Waals surface area contributed by atoms with Crippen molar-refractivity contribution >= 4 is 35.0 Å². The number of carboxylic acids is 2. The number of aromatic nitrogens is 2. The standard InChI is InChI=1S/C47H50N6O7/c1-11-26-22(6)29-17-34-37(39(40-18(2)20(4)42(52-40)46(56)57)41-19(3)21(5)43(53-41)47(58)59)24(8)31(49-34)15-30-23(7)27(12-13-36(55)60-10)44(50-30)28-14-35(54)38-25(9)32(51-45(28)38)16-33(26)48-29/h15-17,23,27,39,50,52-54H,11-14H2,1-10H3,(H,56,57)(H,58,59)/t23-,27-/m0/s1. The van der Waals surface area contributed by atoms with Gasteiger partial charge in [-0.3, -0.25) is 4.79 Å². The average molecular weight is 811 g/mol. The molecule has 1 aliphatic carbocycles. The summed E-state index contributed by atoms with van der Waals surface area (Å²) in [5, 5.41) is 35.7. The van der Waals surface area contributed by atoms with Crippen LogP contribution < -0.4 is 5.32 Å². The molecule has 1 saturated heterocycles. The van der Waals surface area contributed by atoms with Crippen molar-refractivity contribution in [3.63, 3.8) is 0 Å². The van der Waals surface area contributed by atoms with Gasteiger partial charge in [0.2, 0.25) is 0 Å². The third kappa shape index (κ3) is 6.12. The smallest absolute Gasteiger partial charge is 0.352 e. The molecule has 2 aromatic rings. The normalized spacial score (nSPS) is 20.9. The monoisotopic (exact) mass is 810 g/mol. The number of carboxylic acid groups (broad SMARTS) is 2. The van der Waals surface area contributed by atoms with Crippen LogP contribution in [0.25, 0.3) is 0 Å². The number of aromatic carboxylic acids is 2. The lowest BCUT2D eigenvalue weighted by atomic mass is 9.83. The Balaban J connectivity index is 1.42. The first kappa shape index (κ1) is 40.3. The summed E-state index contributed by atoms with van der Waals surface area (Å²) in [5.41, 5.74) is 16.0. The van der Waals surface area contributed by atoms with Gasteiger partial charge in [-0.1, -0.05) is 13.8 Å². The number of nitrogens with one attached hydrogen (secondary N) is 3. The molecule has 5 aliphatic heterocycles. The van der Waals surface area contributed by atoms with Crippen molar-refractivity contribution in [1.82, 2.24) is 15.3 Å². The number of ether oxygens (including phenoxy) is 1. The lowest BCUT2D eigenvalue weighted by Gasteiger charge is -2.22. The van der Waals surface area contributed by atoms with Gasteiger partial charge in [0.05, 0.1) is 47.3 Å². The molecule has 6 aliphatic rings. The largest absolute Gasteiger partial charge is 0.511 e. The summed E-state index contributed by atoms with van der Waals surface area (Å²) >= 11 is 0. The third-order valence-corrected chi connectivity index (χ3v) is 13.5. The van der Waals surface area contributed by atoms with Gasteiger partial charge in [-0.2, -0.15) is 0 Å². The van der Waals surface area contributed by atoms with Crippen LogP contribution in [-0.4, -0.2) is 67.4 Å². The second kappa shape index (κ2) is 14.6. The second-order valence-corrected chi connectivity index (χ2v) is 16.5. The Hall–Kier alpha value is -6.50. The van der Waals surface area contributed by atoms with Crippen molar-refractivity contribution in [2.24, 2.45) is 26.8 Å². The van der Waals surface area contributed by atoms with E-state index in [9.17, 15) is 29.7 Å². The number of aliphatic hydroxyl groups excluding tert-OH is 1. The zero-order valence-corrected chi connectivity index (χ0v) is 35.6. The highest BCUT2D eigenvalue weighted by Crippen LogP contribution is 2.49. The molecule has 310 valence electrons. The quantitative estimate of drug-likeness (QED) is 0.135. The molecular formula is C47H50N6O7. The molecule has 0 aromatic carbocycles. The van der Waals surface area contributed by atoms with E-state index >= 15 is 0 Å². The predicted molar refractivity (Wildman–Crippen MR) is 230 cm³/mol. The average Bonchev–Trinajstić information content (AvgIpc) is 4.05. The van der Waals surface area contributed by atoms with E-state index in [-0.39, 0.29) is 41.4 Å². The van der Waals surface area contributed by atoms with Crippen LogP contribution in [0.3, 0.4) is 0 Å². The molecule has 8 bridgehead atoms. The van der Waals surface area contributed by atoms with Gasteiger partial charge in [0.15, 0.2) is 0 Å². The number of aromatic amines is 2. The minimum Gasteiger partial charge on any atom is -0.511 e. The first-order valence-corrected chi connectivity index (χ1v) is 20.4. The van der Waals surface area contributed by atoms with Gasteiger partial charge >= 0.3 is 17.9 Å². The highest BCUT2D eigenvalue weighted by molar-refractivity contribution is 6.21. The van der Waals surface area contributed by atoms with Crippen LogP contribution in [0.4, 0.5) is 0 Å². The minimum absolute atomic E-state index is 0.0593. The highest BCUT2D eigenvalue weighted by Gasteiger charge is 2.42. The fourth-order valence-electron chi connectivity index (χ4n) is 9.73. The maximum Gasteiger partial charge on any atom is 0.352 e. The number of nitrogens with zero attached hydrogens (tertiary/aromatic N) is 3. The summed E-state index contributed by atoms with van der Waals surface area (Å²) in [6.07, 6.45) is 7.69. The number of methoxy groups -OCH3 is 1. The summed E-state index contributed by atoms with van der Waals surface area (Å²) in [4.78, 5) is 59.8. The third-order valence-electron chi connectivity index (χ3n) is 13.5. The number of hydrogen-bond acceptors (Lipinski definition) is 9. The Morgan fingerprint density at radius 1 is 0.817 bits per heavy atom. The molecule has 8 rings (SSSR count). The van der Waals surface area contributed by atoms with Gasteiger partial charge < -0.3 is 35.3 Å². The minimum atomic E-state index is -1.10. The van der Waals surface area contributed by atoms with Gasteiger partial charge in [-0.05, 0) is 130 Å². The molecule has 2 atom stereocenters. The molecule has 0 amide bonds. The lowest BCUT2D eigenvalue weighted by Crippen LogP contribution is -2.16. The van der Waals surface area contributed by atoms with E-state index < -0.39 is 17.9 Å². The lowest BCUT2D eigenvalue weighted by molar-refractivity contribution is -0.140. The summed E-state index contributed by atoms with van der Waals surface area (Å²) in [7, 11) is 1.39. The van der Waals surface area contributed by atoms with E-state index in [0.717, 1.165) is 72.9 Å². The van der Waals surface area contributed by atoms with Crippen molar-refractivity contribution in [2.75, 3.05) is 7.11 Å². The molecule has 2 aromatic heterocycles. The topological polar surface area (TPSA) is 202 Å². The number of hydrogen-bond donors (Lipinski definition) is 6. The highest BCUT2D eigenvalue weighted by atomic mass is 16.5. The summed E-state index contributed by atoms with van der Waals surface area (Å²) in [6.45, 7) is 17.5. The van der Waals surface area contributed by atoms with Crippen LogP contribution >= 0.6 is 0 Å². The Morgan fingerprint density at radius 3 is 1.98 bits per heavy atom. The Morgan fingerprint density at radius 2 is 1.42 bits per heavy atom. The van der Waals surface area contributed by atoms with Crippen LogP contribution in [0, 0.1) is 39.5 Å². The van der Waals surface area contributed by atoms with Crippen molar-refractivity contribution < 1.29 is 34.4 Å². The van der Waals surface area contributed by atoms with E-state index in [1.165, 1.54) is 7.11 Å². The van der Waals surface area contributed by atoms with Crippen LogP contribution in [0.2, 0.25) is 0 Å². The maximum absolute atomic E-state index is 12.6. The van der Waals surface area contributed by atoms with Crippen LogP contribution in [0.15, 0.2) is 106 Å². The van der Waals surface area contributed by atoms with Crippen molar-refractivity contribution in [3.05, 3.63) is 137 Å². The zero-order valence-electron chi connectivity index (χ0n) is 35.6. The molecule has 0 saturated carbocycles. The van der Waals surface area contributed by atoms with E-state index in [0.29, 0.717) is 64.6 Å². The molecule has 0 radical (unpaired) electrons. The fraction of sp³-hybridized carbons (Fsp3) is 0.362. The Labute approximate surface area is 348 Å². The van der Waals surface area contributed by atoms with Crippen molar-refractivity contribution in [3.8, 4) is 0 Å². The summed E-state index contributed by atoms with van der Waals surface area (Å²) < 4.78 is 5.05. The van der Waals surface area contributed by atoms with Crippen molar-refractivity contribution in [2.45, 2.75) is 93.9 Å². The van der Waals surface area contributed by atoms with Gasteiger partial charge in [0.1, 0.15) is 17.1 Å². The molecule has 0 spiro atoms. The number of aliphatic imine (C=N–C) groups is 3. The number of aliphatic hydroxyl groups is 1. The number of allylic oxidation sites excluding steroid dienone is 12. The van der Waals surface area contributed by atoms with E-state index in [1.807, 2.05) is 52.8 Å². The fourth-order valence-corrected chi connectivity index (χ4v) is 9.73. The van der Waals surface area contributed by atoms with Crippen LogP contribution in [-0.2, 0) is 9.53 Å². The number of H-pyrrole nitrogens is 2. The molecule has 13 nitrogen and oxygen atoms in total. The Bertz CT molecular complexity index is 2680. The Kier molecular flexibility index (Phi) is 9.84. The van der Waals surface area contributed by atoms with Crippen LogP contribution in [0.1, 0.15) is 121 Å². The predicted octanol–water partition coefficient (Wildman–Crippen LogP) is 8.73. The first-order chi connectivity index (χ1) is 28.5. The number of esters is 1. The van der Waals surface area contributed by atoms with Gasteiger partial charge in [-0.25, -0.2) is 24.6 Å².